The summed E-state index contributed by atoms with van der Waals surface area (Å²) in [6.07, 6.45) is 1.57. The summed E-state index contributed by atoms with van der Waals surface area (Å²) in [6, 6.07) is -0.145. The van der Waals surface area contributed by atoms with Crippen molar-refractivity contribution in [2.45, 2.75) is 45.2 Å². The molecule has 3 N–H and O–H groups in total. The van der Waals surface area contributed by atoms with Gasteiger partial charge in [-0.1, -0.05) is 5.21 Å². The third-order valence-electron chi connectivity index (χ3n) is 3.70. The fraction of sp³-hybridized carbons (Fsp3) is 0.769. The van der Waals surface area contributed by atoms with E-state index in [1.807, 2.05) is 13.8 Å². The minimum atomic E-state index is -0.383. The van der Waals surface area contributed by atoms with E-state index in [2.05, 4.69) is 36.2 Å². The lowest BCUT2D eigenvalue weighted by Crippen LogP contribution is -2.58. The molecule has 1 atom stereocenters. The minimum Gasteiger partial charge on any atom is -0.356 e. The second-order valence-electron chi connectivity index (χ2n) is 5.62. The van der Waals surface area contributed by atoms with Gasteiger partial charge >= 0.3 is 0 Å². The summed E-state index contributed by atoms with van der Waals surface area (Å²) in [6.45, 7) is 6.02. The molecule has 0 bridgehead atoms. The van der Waals surface area contributed by atoms with Gasteiger partial charge in [0.2, 0.25) is 11.8 Å². The van der Waals surface area contributed by atoms with Gasteiger partial charge in [0.15, 0.2) is 5.82 Å². The number of hydrogen-bond donors (Lipinski definition) is 3. The fourth-order valence-electron chi connectivity index (χ4n) is 2.57. The molecule has 0 aliphatic carbocycles. The summed E-state index contributed by atoms with van der Waals surface area (Å²) in [7, 11) is 0. The Morgan fingerprint density at radius 1 is 1.50 bits per heavy atom. The van der Waals surface area contributed by atoms with Crippen LogP contribution in [0.15, 0.2) is 0 Å². The van der Waals surface area contributed by atoms with Crippen molar-refractivity contribution >= 4 is 11.8 Å². The number of rotatable bonds is 7. The molecule has 2 rings (SSSR count). The van der Waals surface area contributed by atoms with Gasteiger partial charge in [-0.3, -0.25) is 14.5 Å². The zero-order valence-corrected chi connectivity index (χ0v) is 13.0. The summed E-state index contributed by atoms with van der Waals surface area (Å²) >= 11 is 0. The number of piperazine rings is 1. The van der Waals surface area contributed by atoms with E-state index in [4.69, 9.17) is 0 Å². The Morgan fingerprint density at radius 3 is 3.00 bits per heavy atom. The first-order valence-electron chi connectivity index (χ1n) is 7.60. The van der Waals surface area contributed by atoms with Crippen LogP contribution in [0.5, 0.6) is 0 Å². The Balaban J connectivity index is 1.73. The number of hydrogen-bond acceptors (Lipinski definition) is 6. The number of nitrogens with one attached hydrogen (secondary N) is 3. The molecule has 1 unspecified atom stereocenters. The highest BCUT2D eigenvalue weighted by Gasteiger charge is 2.32. The number of tetrazole rings is 1. The fourth-order valence-corrected chi connectivity index (χ4v) is 2.57. The number of aromatic nitrogens is 4. The average molecular weight is 309 g/mol. The van der Waals surface area contributed by atoms with Gasteiger partial charge in [0.1, 0.15) is 0 Å². The van der Waals surface area contributed by atoms with E-state index in [1.165, 1.54) is 0 Å². The van der Waals surface area contributed by atoms with Crippen molar-refractivity contribution in [3.05, 3.63) is 5.82 Å². The van der Waals surface area contributed by atoms with Crippen molar-refractivity contribution in [1.82, 2.24) is 36.2 Å². The van der Waals surface area contributed by atoms with Gasteiger partial charge in [-0.05, 0) is 20.3 Å². The summed E-state index contributed by atoms with van der Waals surface area (Å²) in [5.74, 6) is 0.453. The predicted octanol–water partition coefficient (Wildman–Crippen LogP) is -1.15. The second kappa shape index (κ2) is 7.83. The number of amides is 2. The maximum Gasteiger partial charge on any atom is 0.237 e. The highest BCUT2D eigenvalue weighted by molar-refractivity contribution is 5.88. The van der Waals surface area contributed by atoms with Gasteiger partial charge < -0.3 is 10.6 Å². The predicted molar refractivity (Wildman–Crippen MR) is 78.8 cm³/mol. The first-order valence-corrected chi connectivity index (χ1v) is 7.60. The average Bonchev–Trinajstić information content (AvgIpc) is 2.99. The lowest BCUT2D eigenvalue weighted by Gasteiger charge is -2.37. The van der Waals surface area contributed by atoms with Crippen LogP contribution in [0.3, 0.4) is 0 Å². The molecule has 2 amide bonds. The topological polar surface area (TPSA) is 116 Å². The summed E-state index contributed by atoms with van der Waals surface area (Å²) in [5, 5.41) is 19.2. The number of H-pyrrole nitrogens is 1. The molecule has 22 heavy (non-hydrogen) atoms. The Kier molecular flexibility index (Phi) is 5.82. The molecule has 122 valence electrons. The summed E-state index contributed by atoms with van der Waals surface area (Å²) < 4.78 is 0. The highest BCUT2D eigenvalue weighted by Crippen LogP contribution is 2.12. The number of aromatic amines is 1. The number of carbonyl (C=O) groups excluding carboxylic acids is 2. The maximum atomic E-state index is 12.0. The molecule has 0 saturated carbocycles. The van der Waals surface area contributed by atoms with Crippen LogP contribution >= 0.6 is 0 Å². The summed E-state index contributed by atoms with van der Waals surface area (Å²) in [5.41, 5.74) is 0. The molecule has 0 radical (unpaired) electrons. The molecule has 1 saturated heterocycles. The van der Waals surface area contributed by atoms with E-state index in [0.717, 1.165) is 13.0 Å². The van der Waals surface area contributed by atoms with Crippen molar-refractivity contribution in [2.75, 3.05) is 19.6 Å². The lowest BCUT2D eigenvalue weighted by molar-refractivity contribution is -0.134. The normalized spacial score (nSPS) is 19.2. The SMILES string of the molecule is CC(C)N1CCNC(=O)C1CC(=O)NCCCc1nn[nH]n1. The van der Waals surface area contributed by atoms with Gasteiger partial charge in [0.05, 0.1) is 12.5 Å². The van der Waals surface area contributed by atoms with Gasteiger partial charge in [-0.15, -0.1) is 10.2 Å². The van der Waals surface area contributed by atoms with Gasteiger partial charge in [0, 0.05) is 32.1 Å². The largest absolute Gasteiger partial charge is 0.356 e. The molecule has 2 heterocycles. The standard InChI is InChI=1S/C13H23N7O2/c1-9(2)20-7-6-15-13(22)10(20)8-12(21)14-5-3-4-11-16-18-19-17-11/h9-10H,3-8H2,1-2H3,(H,14,21)(H,15,22)(H,16,17,18,19). The van der Waals surface area contributed by atoms with Crippen molar-refractivity contribution in [3.63, 3.8) is 0 Å². The zero-order chi connectivity index (χ0) is 15.9. The van der Waals surface area contributed by atoms with E-state index in [1.54, 1.807) is 0 Å². The smallest absolute Gasteiger partial charge is 0.237 e. The summed E-state index contributed by atoms with van der Waals surface area (Å²) in [4.78, 5) is 26.1. The number of nitrogens with zero attached hydrogens (tertiary/aromatic N) is 4. The molecule has 9 nitrogen and oxygen atoms in total. The first kappa shape index (κ1) is 16.3. The van der Waals surface area contributed by atoms with Crippen LogP contribution in [-0.4, -0.2) is 69.1 Å². The number of carbonyl (C=O) groups is 2. The second-order valence-corrected chi connectivity index (χ2v) is 5.62. The van der Waals surface area contributed by atoms with Crippen LogP contribution in [0.1, 0.15) is 32.5 Å². The molecular weight excluding hydrogens is 286 g/mol. The van der Waals surface area contributed by atoms with Crippen molar-refractivity contribution < 1.29 is 9.59 Å². The first-order chi connectivity index (χ1) is 10.6. The van der Waals surface area contributed by atoms with Crippen LogP contribution in [-0.2, 0) is 16.0 Å². The molecule has 1 aromatic heterocycles. The molecule has 0 spiro atoms. The maximum absolute atomic E-state index is 12.0. The Bertz CT molecular complexity index is 489. The minimum absolute atomic E-state index is 0.0677. The Labute approximate surface area is 129 Å². The third kappa shape index (κ3) is 4.48. The highest BCUT2D eigenvalue weighted by atomic mass is 16.2. The van der Waals surface area contributed by atoms with E-state index < -0.39 is 0 Å². The van der Waals surface area contributed by atoms with Crippen LogP contribution in [0, 0.1) is 0 Å². The molecule has 1 fully saturated rings. The van der Waals surface area contributed by atoms with E-state index >= 15 is 0 Å². The van der Waals surface area contributed by atoms with Crippen LogP contribution < -0.4 is 10.6 Å². The van der Waals surface area contributed by atoms with E-state index in [-0.39, 0.29) is 30.3 Å². The van der Waals surface area contributed by atoms with E-state index in [0.29, 0.717) is 25.3 Å². The lowest BCUT2D eigenvalue weighted by atomic mass is 10.1. The quantitative estimate of drug-likeness (QED) is 0.548. The molecule has 9 heteroatoms. The molecule has 1 aliphatic rings. The van der Waals surface area contributed by atoms with Crippen LogP contribution in [0.25, 0.3) is 0 Å². The van der Waals surface area contributed by atoms with Gasteiger partial charge in [-0.2, -0.15) is 5.21 Å². The van der Waals surface area contributed by atoms with E-state index in [9.17, 15) is 9.59 Å². The van der Waals surface area contributed by atoms with Crippen LogP contribution in [0.2, 0.25) is 0 Å². The molecule has 0 aromatic carbocycles. The molecular formula is C13H23N7O2. The van der Waals surface area contributed by atoms with Crippen molar-refractivity contribution in [1.29, 1.82) is 0 Å². The third-order valence-corrected chi connectivity index (χ3v) is 3.70. The monoisotopic (exact) mass is 309 g/mol. The van der Waals surface area contributed by atoms with Crippen molar-refractivity contribution in [3.8, 4) is 0 Å². The molecule has 1 aromatic rings. The Hall–Kier alpha value is -2.03. The number of aryl methyl sites for hydroxylation is 1. The zero-order valence-electron chi connectivity index (χ0n) is 13.0. The molecule has 1 aliphatic heterocycles. The van der Waals surface area contributed by atoms with Crippen LogP contribution in [0.4, 0.5) is 0 Å². The van der Waals surface area contributed by atoms with Gasteiger partial charge in [0.25, 0.3) is 0 Å². The Morgan fingerprint density at radius 2 is 2.32 bits per heavy atom. The van der Waals surface area contributed by atoms with Crippen molar-refractivity contribution in [2.24, 2.45) is 0 Å². The van der Waals surface area contributed by atoms with Gasteiger partial charge in [-0.25, -0.2) is 0 Å².